The molecule has 0 saturated heterocycles. The molecule has 0 aliphatic heterocycles. The number of nitrogens with zero attached hydrogens (tertiary/aromatic N) is 4. The van der Waals surface area contributed by atoms with Crippen LogP contribution in [0.3, 0.4) is 0 Å². The summed E-state index contributed by atoms with van der Waals surface area (Å²) in [5.74, 6) is 0.647. The molecule has 0 aliphatic rings. The summed E-state index contributed by atoms with van der Waals surface area (Å²) in [4.78, 5) is 19.8. The van der Waals surface area contributed by atoms with Crippen molar-refractivity contribution in [1.29, 1.82) is 0 Å². The van der Waals surface area contributed by atoms with Crippen molar-refractivity contribution in [1.82, 2.24) is 19.7 Å². The van der Waals surface area contributed by atoms with Gasteiger partial charge in [-0.15, -0.1) is 0 Å². The number of benzene rings is 1. The van der Waals surface area contributed by atoms with Crippen molar-refractivity contribution in [3.63, 3.8) is 0 Å². The van der Waals surface area contributed by atoms with Gasteiger partial charge in [-0.05, 0) is 44.9 Å². The third kappa shape index (κ3) is 4.28. The second kappa shape index (κ2) is 8.22. The van der Waals surface area contributed by atoms with Crippen LogP contribution in [0.1, 0.15) is 31.4 Å². The van der Waals surface area contributed by atoms with Crippen LogP contribution >= 0.6 is 0 Å². The van der Waals surface area contributed by atoms with E-state index in [2.05, 4.69) is 15.1 Å². The SMILES string of the molecule is Cc1cc(-c2nc(-c3ccc4c(CCC(=O)O)cn(C)c4c3)no2)cnc1OC(C)C. The van der Waals surface area contributed by atoms with Gasteiger partial charge in [0.05, 0.1) is 11.7 Å². The highest BCUT2D eigenvalue weighted by Crippen LogP contribution is 2.29. The maximum atomic E-state index is 10.9. The summed E-state index contributed by atoms with van der Waals surface area (Å²) in [6.07, 6.45) is 4.26. The largest absolute Gasteiger partial charge is 0.481 e. The summed E-state index contributed by atoms with van der Waals surface area (Å²) in [5.41, 5.74) is 4.42. The predicted molar refractivity (Wildman–Crippen MR) is 116 cm³/mol. The smallest absolute Gasteiger partial charge is 0.303 e. The highest BCUT2D eigenvalue weighted by molar-refractivity contribution is 5.88. The van der Waals surface area contributed by atoms with Crippen LogP contribution < -0.4 is 4.74 Å². The van der Waals surface area contributed by atoms with Gasteiger partial charge >= 0.3 is 5.97 Å². The van der Waals surface area contributed by atoms with Crippen molar-refractivity contribution in [3.05, 3.63) is 47.8 Å². The fraction of sp³-hybridized carbons (Fsp3) is 0.304. The molecule has 0 bridgehead atoms. The number of ether oxygens (including phenoxy) is 1. The van der Waals surface area contributed by atoms with E-state index in [9.17, 15) is 4.79 Å². The number of fused-ring (bicyclic) bond motifs is 1. The number of pyridine rings is 1. The first kappa shape index (κ1) is 20.6. The average Bonchev–Trinajstić information content (AvgIpc) is 3.33. The van der Waals surface area contributed by atoms with Gasteiger partial charge in [-0.2, -0.15) is 4.98 Å². The normalized spacial score (nSPS) is 11.4. The number of carboxylic acids is 1. The molecule has 0 radical (unpaired) electrons. The average molecular weight is 420 g/mol. The van der Waals surface area contributed by atoms with E-state index in [1.807, 2.05) is 62.8 Å². The lowest BCUT2D eigenvalue weighted by molar-refractivity contribution is -0.136. The minimum Gasteiger partial charge on any atom is -0.481 e. The molecule has 8 heteroatoms. The summed E-state index contributed by atoms with van der Waals surface area (Å²) >= 11 is 0. The number of hydrogen-bond acceptors (Lipinski definition) is 6. The molecule has 0 fully saturated rings. The molecule has 160 valence electrons. The van der Waals surface area contributed by atoms with Gasteiger partial charge < -0.3 is 18.9 Å². The van der Waals surface area contributed by atoms with Gasteiger partial charge in [-0.3, -0.25) is 4.79 Å². The molecule has 31 heavy (non-hydrogen) atoms. The molecule has 0 amide bonds. The van der Waals surface area contributed by atoms with E-state index in [4.69, 9.17) is 14.4 Å². The Morgan fingerprint density at radius 3 is 2.77 bits per heavy atom. The van der Waals surface area contributed by atoms with Crippen LogP contribution in [-0.2, 0) is 18.3 Å². The lowest BCUT2D eigenvalue weighted by Crippen LogP contribution is -2.08. The van der Waals surface area contributed by atoms with Crippen molar-refractivity contribution in [2.75, 3.05) is 0 Å². The van der Waals surface area contributed by atoms with Gasteiger partial charge in [0.2, 0.25) is 11.7 Å². The van der Waals surface area contributed by atoms with Crippen LogP contribution in [0.4, 0.5) is 0 Å². The molecule has 3 aromatic heterocycles. The molecule has 4 rings (SSSR count). The van der Waals surface area contributed by atoms with E-state index in [0.717, 1.165) is 33.2 Å². The van der Waals surface area contributed by atoms with Gasteiger partial charge in [-0.1, -0.05) is 17.3 Å². The van der Waals surface area contributed by atoms with Crippen molar-refractivity contribution < 1.29 is 19.2 Å². The quantitative estimate of drug-likeness (QED) is 0.472. The first-order valence-electron chi connectivity index (χ1n) is 10.1. The fourth-order valence-corrected chi connectivity index (χ4v) is 3.53. The third-order valence-corrected chi connectivity index (χ3v) is 4.99. The number of carboxylic acid groups (broad SMARTS) is 1. The van der Waals surface area contributed by atoms with E-state index in [1.54, 1.807) is 6.20 Å². The van der Waals surface area contributed by atoms with E-state index < -0.39 is 5.97 Å². The zero-order valence-electron chi connectivity index (χ0n) is 17.9. The van der Waals surface area contributed by atoms with E-state index in [-0.39, 0.29) is 12.5 Å². The van der Waals surface area contributed by atoms with E-state index >= 15 is 0 Å². The fourth-order valence-electron chi connectivity index (χ4n) is 3.53. The van der Waals surface area contributed by atoms with Crippen molar-refractivity contribution in [2.24, 2.45) is 7.05 Å². The summed E-state index contributed by atoms with van der Waals surface area (Å²) in [5, 5.41) is 14.1. The molecular weight excluding hydrogens is 396 g/mol. The Kier molecular flexibility index (Phi) is 5.46. The monoisotopic (exact) mass is 420 g/mol. The van der Waals surface area contributed by atoms with Gasteiger partial charge in [0.1, 0.15) is 0 Å². The molecule has 8 nitrogen and oxygen atoms in total. The van der Waals surface area contributed by atoms with E-state index in [1.165, 1.54) is 0 Å². The standard InChI is InChI=1S/C23H24N4O4/c1-13(2)30-22-14(3)9-17(11-24-22)23-25-21(26-31-23)15-5-7-18-16(6-8-20(28)29)12-27(4)19(18)10-15/h5,7,9-13H,6,8H2,1-4H3,(H,28,29). The van der Waals surface area contributed by atoms with Crippen LogP contribution in [0.15, 0.2) is 41.2 Å². The van der Waals surface area contributed by atoms with Gasteiger partial charge in [0.25, 0.3) is 5.89 Å². The minimum absolute atomic E-state index is 0.0455. The Morgan fingerprint density at radius 2 is 2.06 bits per heavy atom. The Bertz CT molecular complexity index is 1260. The zero-order chi connectivity index (χ0) is 22.1. The molecule has 3 heterocycles. The molecule has 0 aliphatic carbocycles. The molecule has 0 atom stereocenters. The Balaban J connectivity index is 1.62. The number of rotatable bonds is 7. The summed E-state index contributed by atoms with van der Waals surface area (Å²) in [6.45, 7) is 5.84. The van der Waals surface area contributed by atoms with Crippen LogP contribution in [0, 0.1) is 6.92 Å². The predicted octanol–water partition coefficient (Wildman–Crippen LogP) is 4.40. The molecule has 0 spiro atoms. The zero-order valence-corrected chi connectivity index (χ0v) is 17.9. The second-order valence-corrected chi connectivity index (χ2v) is 7.83. The molecule has 1 N–H and O–H groups in total. The van der Waals surface area contributed by atoms with Gasteiger partial charge in [0, 0.05) is 47.9 Å². The van der Waals surface area contributed by atoms with Gasteiger partial charge in [-0.25, -0.2) is 4.98 Å². The molecular formula is C23H24N4O4. The van der Waals surface area contributed by atoms with Gasteiger partial charge in [0.15, 0.2) is 0 Å². The number of aliphatic carboxylic acids is 1. The first-order chi connectivity index (χ1) is 14.8. The van der Waals surface area contributed by atoms with Crippen LogP contribution in [0.25, 0.3) is 33.7 Å². The maximum Gasteiger partial charge on any atom is 0.303 e. The number of aryl methyl sites for hydroxylation is 3. The summed E-state index contributed by atoms with van der Waals surface area (Å²) < 4.78 is 13.1. The number of carbonyl (C=O) groups is 1. The summed E-state index contributed by atoms with van der Waals surface area (Å²) in [7, 11) is 1.94. The highest BCUT2D eigenvalue weighted by Gasteiger charge is 2.15. The summed E-state index contributed by atoms with van der Waals surface area (Å²) in [6, 6.07) is 7.79. The molecule has 0 saturated carbocycles. The van der Waals surface area contributed by atoms with E-state index in [0.29, 0.717) is 24.0 Å². The molecule has 0 unspecified atom stereocenters. The lowest BCUT2D eigenvalue weighted by atomic mass is 10.1. The van der Waals surface area contributed by atoms with Crippen molar-refractivity contribution in [2.45, 2.75) is 39.7 Å². The first-order valence-corrected chi connectivity index (χ1v) is 10.1. The second-order valence-electron chi connectivity index (χ2n) is 7.83. The highest BCUT2D eigenvalue weighted by atomic mass is 16.5. The Labute approximate surface area is 179 Å². The maximum absolute atomic E-state index is 10.9. The van der Waals surface area contributed by atoms with Crippen molar-refractivity contribution >= 4 is 16.9 Å². The number of hydrogen-bond donors (Lipinski definition) is 1. The van der Waals surface area contributed by atoms with Crippen molar-refractivity contribution in [3.8, 4) is 28.7 Å². The minimum atomic E-state index is -0.804. The topological polar surface area (TPSA) is 103 Å². The third-order valence-electron chi connectivity index (χ3n) is 4.99. The van der Waals surface area contributed by atoms with Crippen LogP contribution in [-0.4, -0.2) is 36.9 Å². The van der Waals surface area contributed by atoms with Crippen LogP contribution in [0.5, 0.6) is 5.88 Å². The van der Waals surface area contributed by atoms with Crippen LogP contribution in [0.2, 0.25) is 0 Å². The lowest BCUT2D eigenvalue weighted by Gasteiger charge is -2.10. The Morgan fingerprint density at radius 1 is 1.26 bits per heavy atom. The number of aromatic nitrogens is 4. The molecule has 1 aromatic carbocycles. The molecule has 4 aromatic rings. The Hall–Kier alpha value is -3.68.